The lowest BCUT2D eigenvalue weighted by Crippen LogP contribution is -2.44. The van der Waals surface area contributed by atoms with E-state index in [1.807, 2.05) is 23.1 Å². The first kappa shape index (κ1) is 14.1. The Morgan fingerprint density at radius 1 is 1.32 bits per heavy atom. The quantitative estimate of drug-likeness (QED) is 0.906. The monoisotopic (exact) mass is 260 g/mol. The molecule has 0 aromatic heterocycles. The Morgan fingerprint density at radius 2 is 2.11 bits per heavy atom. The van der Waals surface area contributed by atoms with Crippen LogP contribution in [0.5, 0.6) is 0 Å². The van der Waals surface area contributed by atoms with E-state index in [2.05, 4.69) is 13.0 Å². The van der Waals surface area contributed by atoms with Crippen molar-refractivity contribution in [2.24, 2.45) is 5.73 Å². The molecule has 1 saturated heterocycles. The number of amides is 1. The number of nitrogens with zero attached hydrogens (tertiary/aromatic N) is 1. The van der Waals surface area contributed by atoms with Crippen molar-refractivity contribution in [2.75, 3.05) is 13.1 Å². The van der Waals surface area contributed by atoms with E-state index in [0.717, 1.165) is 24.9 Å². The standard InChI is InChI=1S/C16H24N2O/c1-13-7-4-5-8-14(13)11-16(19)18-10-6-2-3-9-15(18)12-17/h4-5,7-8,15H,2-3,6,9-12,17H2,1H3. The SMILES string of the molecule is Cc1ccccc1CC(=O)N1CCCCCC1CN. The van der Waals surface area contributed by atoms with Gasteiger partial charge in [0.15, 0.2) is 0 Å². The summed E-state index contributed by atoms with van der Waals surface area (Å²) < 4.78 is 0. The van der Waals surface area contributed by atoms with Gasteiger partial charge in [-0.05, 0) is 30.9 Å². The Labute approximate surface area is 115 Å². The van der Waals surface area contributed by atoms with E-state index < -0.39 is 0 Å². The molecule has 1 fully saturated rings. The Hall–Kier alpha value is -1.35. The van der Waals surface area contributed by atoms with Gasteiger partial charge in [-0.25, -0.2) is 0 Å². The highest BCUT2D eigenvalue weighted by Crippen LogP contribution is 2.18. The van der Waals surface area contributed by atoms with Crippen molar-refractivity contribution >= 4 is 5.91 Å². The molecule has 1 amide bonds. The van der Waals surface area contributed by atoms with Crippen molar-refractivity contribution < 1.29 is 4.79 Å². The minimum Gasteiger partial charge on any atom is -0.338 e. The van der Waals surface area contributed by atoms with E-state index in [9.17, 15) is 4.79 Å². The third-order valence-corrected chi connectivity index (χ3v) is 4.07. The van der Waals surface area contributed by atoms with Crippen LogP contribution < -0.4 is 5.73 Å². The fourth-order valence-corrected chi connectivity index (χ4v) is 2.82. The minimum atomic E-state index is 0.228. The maximum atomic E-state index is 12.5. The van der Waals surface area contributed by atoms with E-state index in [0.29, 0.717) is 13.0 Å². The van der Waals surface area contributed by atoms with Gasteiger partial charge in [-0.15, -0.1) is 0 Å². The van der Waals surface area contributed by atoms with Crippen molar-refractivity contribution in [3.05, 3.63) is 35.4 Å². The summed E-state index contributed by atoms with van der Waals surface area (Å²) in [7, 11) is 0. The normalized spacial score (nSPS) is 20.1. The number of carbonyl (C=O) groups excluding carboxylic acids is 1. The minimum absolute atomic E-state index is 0.228. The number of rotatable bonds is 3. The largest absolute Gasteiger partial charge is 0.338 e. The van der Waals surface area contributed by atoms with Crippen LogP contribution in [0.15, 0.2) is 24.3 Å². The Kier molecular flexibility index (Phi) is 4.97. The van der Waals surface area contributed by atoms with E-state index >= 15 is 0 Å². The van der Waals surface area contributed by atoms with Gasteiger partial charge >= 0.3 is 0 Å². The van der Waals surface area contributed by atoms with Gasteiger partial charge in [-0.3, -0.25) is 4.79 Å². The third-order valence-electron chi connectivity index (χ3n) is 4.07. The zero-order valence-electron chi connectivity index (χ0n) is 11.8. The Morgan fingerprint density at radius 3 is 2.84 bits per heavy atom. The highest BCUT2D eigenvalue weighted by molar-refractivity contribution is 5.79. The number of hydrogen-bond donors (Lipinski definition) is 1. The van der Waals surface area contributed by atoms with Crippen LogP contribution in [0.2, 0.25) is 0 Å². The molecule has 0 bridgehead atoms. The van der Waals surface area contributed by atoms with Crippen LogP contribution in [0.25, 0.3) is 0 Å². The average molecular weight is 260 g/mol. The lowest BCUT2D eigenvalue weighted by molar-refractivity contribution is -0.132. The maximum Gasteiger partial charge on any atom is 0.227 e. The second-order valence-electron chi connectivity index (χ2n) is 5.43. The second kappa shape index (κ2) is 6.71. The summed E-state index contributed by atoms with van der Waals surface area (Å²) in [5.41, 5.74) is 8.15. The number of benzene rings is 1. The van der Waals surface area contributed by atoms with Crippen LogP contribution >= 0.6 is 0 Å². The fourth-order valence-electron chi connectivity index (χ4n) is 2.82. The van der Waals surface area contributed by atoms with Crippen LogP contribution in [0.3, 0.4) is 0 Å². The number of carbonyl (C=O) groups is 1. The highest BCUT2D eigenvalue weighted by atomic mass is 16.2. The van der Waals surface area contributed by atoms with Gasteiger partial charge in [0.1, 0.15) is 0 Å². The molecule has 1 aliphatic heterocycles. The Balaban J connectivity index is 2.07. The lowest BCUT2D eigenvalue weighted by atomic mass is 10.0. The van der Waals surface area contributed by atoms with Crippen LogP contribution in [0.1, 0.15) is 36.8 Å². The average Bonchev–Trinajstić information content (AvgIpc) is 2.66. The third kappa shape index (κ3) is 3.57. The predicted octanol–water partition coefficient (Wildman–Crippen LogP) is 2.27. The lowest BCUT2D eigenvalue weighted by Gasteiger charge is -2.29. The van der Waals surface area contributed by atoms with E-state index in [1.54, 1.807) is 0 Å². The van der Waals surface area contributed by atoms with Crippen molar-refractivity contribution in [1.29, 1.82) is 0 Å². The van der Waals surface area contributed by atoms with Gasteiger partial charge in [0, 0.05) is 19.1 Å². The molecule has 0 spiro atoms. The van der Waals surface area contributed by atoms with Crippen LogP contribution in [-0.4, -0.2) is 29.9 Å². The molecule has 2 rings (SSSR count). The van der Waals surface area contributed by atoms with Gasteiger partial charge in [-0.1, -0.05) is 37.1 Å². The van der Waals surface area contributed by atoms with Gasteiger partial charge in [0.2, 0.25) is 5.91 Å². The molecule has 1 atom stereocenters. The number of nitrogens with two attached hydrogens (primary N) is 1. The molecule has 2 N–H and O–H groups in total. The summed E-state index contributed by atoms with van der Waals surface area (Å²) in [4.78, 5) is 14.5. The van der Waals surface area contributed by atoms with Gasteiger partial charge in [0.25, 0.3) is 0 Å². The molecular formula is C16H24N2O. The summed E-state index contributed by atoms with van der Waals surface area (Å²) >= 11 is 0. The molecule has 0 saturated carbocycles. The number of aryl methyl sites for hydroxylation is 1. The van der Waals surface area contributed by atoms with Crippen LogP contribution in [0.4, 0.5) is 0 Å². The fraction of sp³-hybridized carbons (Fsp3) is 0.562. The number of hydrogen-bond acceptors (Lipinski definition) is 2. The summed E-state index contributed by atoms with van der Waals surface area (Å²) in [6.07, 6.45) is 5.07. The highest BCUT2D eigenvalue weighted by Gasteiger charge is 2.24. The molecular weight excluding hydrogens is 236 g/mol. The number of likely N-dealkylation sites (tertiary alicyclic amines) is 1. The molecule has 1 aromatic carbocycles. The van der Waals surface area contributed by atoms with E-state index in [1.165, 1.54) is 18.4 Å². The molecule has 1 heterocycles. The first-order valence-corrected chi connectivity index (χ1v) is 7.26. The van der Waals surface area contributed by atoms with Crippen molar-refractivity contribution in [2.45, 2.75) is 45.1 Å². The van der Waals surface area contributed by atoms with Crippen molar-refractivity contribution in [3.63, 3.8) is 0 Å². The Bertz CT molecular complexity index is 431. The molecule has 0 radical (unpaired) electrons. The zero-order chi connectivity index (χ0) is 13.7. The summed E-state index contributed by atoms with van der Waals surface area (Å²) in [5, 5.41) is 0. The molecule has 0 aliphatic carbocycles. The van der Waals surface area contributed by atoms with Gasteiger partial charge in [-0.2, -0.15) is 0 Å². The van der Waals surface area contributed by atoms with Crippen molar-refractivity contribution in [1.82, 2.24) is 4.90 Å². The molecule has 3 nitrogen and oxygen atoms in total. The van der Waals surface area contributed by atoms with Crippen LogP contribution in [0, 0.1) is 6.92 Å². The van der Waals surface area contributed by atoms with Crippen LogP contribution in [-0.2, 0) is 11.2 Å². The first-order valence-electron chi connectivity index (χ1n) is 7.26. The second-order valence-corrected chi connectivity index (χ2v) is 5.43. The van der Waals surface area contributed by atoms with Gasteiger partial charge < -0.3 is 10.6 Å². The topological polar surface area (TPSA) is 46.3 Å². The van der Waals surface area contributed by atoms with E-state index in [4.69, 9.17) is 5.73 Å². The molecule has 1 aromatic rings. The van der Waals surface area contributed by atoms with Crippen molar-refractivity contribution in [3.8, 4) is 0 Å². The molecule has 3 heteroatoms. The molecule has 1 unspecified atom stereocenters. The predicted molar refractivity (Wildman–Crippen MR) is 77.9 cm³/mol. The molecule has 19 heavy (non-hydrogen) atoms. The smallest absolute Gasteiger partial charge is 0.227 e. The maximum absolute atomic E-state index is 12.5. The summed E-state index contributed by atoms with van der Waals surface area (Å²) in [5.74, 6) is 0.228. The molecule has 1 aliphatic rings. The zero-order valence-corrected chi connectivity index (χ0v) is 11.8. The summed E-state index contributed by atoms with van der Waals surface area (Å²) in [6.45, 7) is 3.51. The molecule has 104 valence electrons. The van der Waals surface area contributed by atoms with E-state index in [-0.39, 0.29) is 11.9 Å². The van der Waals surface area contributed by atoms with Gasteiger partial charge in [0.05, 0.1) is 6.42 Å². The summed E-state index contributed by atoms with van der Waals surface area (Å²) in [6, 6.07) is 8.35. The first-order chi connectivity index (χ1) is 9.22.